The van der Waals surface area contributed by atoms with Crippen molar-refractivity contribution in [1.82, 2.24) is 9.97 Å². The molecule has 4 aromatic carbocycles. The van der Waals surface area contributed by atoms with Crippen LogP contribution in [0.2, 0.25) is 19.6 Å². The second kappa shape index (κ2) is 15.0. The molecule has 0 unspecified atom stereocenters. The summed E-state index contributed by atoms with van der Waals surface area (Å²) >= 11 is 0. The summed E-state index contributed by atoms with van der Waals surface area (Å²) in [5, 5.41) is 3.37. The van der Waals surface area contributed by atoms with Crippen molar-refractivity contribution < 1.29 is 30.0 Å². The summed E-state index contributed by atoms with van der Waals surface area (Å²) in [7, 11) is -1.29. The Hall–Kier alpha value is -4.15. The predicted octanol–water partition coefficient (Wildman–Crippen LogP) is 11.9. The third-order valence-electron chi connectivity index (χ3n) is 8.80. The third-order valence-corrected chi connectivity index (χ3v) is 10.8. The maximum absolute atomic E-state index is 8.01. The minimum Gasteiger partial charge on any atom is -0.501 e. The van der Waals surface area contributed by atoms with Crippen molar-refractivity contribution in [2.24, 2.45) is 0 Å². The first-order chi connectivity index (χ1) is 24.8. The van der Waals surface area contributed by atoms with E-state index in [-0.39, 0.29) is 31.1 Å². The molecule has 3 heterocycles. The first-order valence-electron chi connectivity index (χ1n) is 18.7. The Morgan fingerprint density at radius 3 is 2.18 bits per heavy atom. The van der Waals surface area contributed by atoms with E-state index in [1.807, 2.05) is 95.4 Å². The first kappa shape index (κ1) is 31.8. The molecule has 0 atom stereocenters. The summed E-state index contributed by atoms with van der Waals surface area (Å²) in [5.74, 6) is -0.579. The molecule has 0 N–H and O–H groups in total. The Morgan fingerprint density at radius 2 is 1.56 bits per heavy atom. The van der Waals surface area contributed by atoms with Gasteiger partial charge in [-0.15, -0.1) is 53.6 Å². The van der Waals surface area contributed by atoms with E-state index in [9.17, 15) is 0 Å². The Kier molecular flexibility index (Phi) is 9.53. The number of pyridine rings is 2. The third kappa shape index (κ3) is 8.07. The fourth-order valence-corrected chi connectivity index (χ4v) is 6.88. The predicted molar refractivity (Wildman–Crippen MR) is 210 cm³/mol. The molecule has 0 aliphatic heterocycles. The number of rotatable bonds is 5. The van der Waals surface area contributed by atoms with Crippen molar-refractivity contribution in [3.63, 3.8) is 0 Å². The molecule has 0 saturated carbocycles. The maximum atomic E-state index is 8.01. The van der Waals surface area contributed by atoms with E-state index >= 15 is 0 Å². The molecule has 7 rings (SSSR count). The number of hydrogen-bond acceptors (Lipinski definition) is 3. The zero-order chi connectivity index (χ0) is 38.3. The number of nitrogens with zero attached hydrogens (tertiary/aromatic N) is 2. The molecule has 0 amide bonds. The molecule has 0 spiro atoms. The molecule has 5 heteroatoms. The van der Waals surface area contributed by atoms with Gasteiger partial charge in [0, 0.05) is 43.4 Å². The molecule has 7 aromatic rings. The van der Waals surface area contributed by atoms with Crippen LogP contribution in [0.25, 0.3) is 55.6 Å². The van der Waals surface area contributed by atoms with Crippen LogP contribution in [0.1, 0.15) is 62.7 Å². The van der Waals surface area contributed by atoms with Crippen molar-refractivity contribution in [1.29, 1.82) is 0 Å². The Bertz CT molecular complexity index is 2310. The van der Waals surface area contributed by atoms with E-state index in [1.54, 1.807) is 0 Å². The molecule has 3 nitrogen and oxygen atoms in total. The van der Waals surface area contributed by atoms with Gasteiger partial charge < -0.3 is 14.4 Å². The molecular weight excluding hydrogens is 805 g/mol. The zero-order valence-corrected chi connectivity index (χ0v) is 33.4. The summed E-state index contributed by atoms with van der Waals surface area (Å²) in [6.07, 6.45) is 3.48. The first-order valence-corrected chi connectivity index (χ1v) is 20.2. The van der Waals surface area contributed by atoms with E-state index in [4.69, 9.17) is 9.90 Å². The number of aromatic nitrogens is 2. The Labute approximate surface area is 318 Å². The Morgan fingerprint density at radius 1 is 0.800 bits per heavy atom. The van der Waals surface area contributed by atoms with Crippen molar-refractivity contribution >= 4 is 35.2 Å². The van der Waals surface area contributed by atoms with E-state index in [0.717, 1.165) is 55.4 Å². The molecule has 0 aliphatic carbocycles. The number of benzene rings is 4. The minimum atomic E-state index is -2.23. The normalized spacial score (nSPS) is 13.4. The monoisotopic (exact) mass is 855 g/mol. The van der Waals surface area contributed by atoms with Gasteiger partial charge in [0.25, 0.3) is 0 Å². The second-order valence-electron chi connectivity index (χ2n) is 14.8. The van der Waals surface area contributed by atoms with E-state index in [1.165, 1.54) is 11.4 Å². The second-order valence-corrected chi connectivity index (χ2v) is 19.9. The molecule has 1 radical (unpaired) electrons. The van der Waals surface area contributed by atoms with Gasteiger partial charge in [0.05, 0.1) is 13.7 Å². The van der Waals surface area contributed by atoms with Gasteiger partial charge in [-0.25, -0.2) is 0 Å². The van der Waals surface area contributed by atoms with E-state index in [2.05, 4.69) is 84.2 Å². The maximum Gasteiger partial charge on any atom is 0.121 e. The molecule has 0 saturated heterocycles. The zero-order valence-electron chi connectivity index (χ0n) is 34.0. The van der Waals surface area contributed by atoms with Gasteiger partial charge in [0.1, 0.15) is 5.58 Å². The van der Waals surface area contributed by atoms with Gasteiger partial charge in [-0.3, -0.25) is 0 Å². The molecule has 257 valence electrons. The number of hydrogen-bond donors (Lipinski definition) is 0. The van der Waals surface area contributed by atoms with Gasteiger partial charge in [0.2, 0.25) is 0 Å². The van der Waals surface area contributed by atoms with Crippen LogP contribution in [0.15, 0.2) is 114 Å². The van der Waals surface area contributed by atoms with Crippen LogP contribution in [0.3, 0.4) is 0 Å². The van der Waals surface area contributed by atoms with Crippen LogP contribution in [0, 0.1) is 19.0 Å². The van der Waals surface area contributed by atoms with Crippen molar-refractivity contribution in [2.75, 3.05) is 0 Å². The van der Waals surface area contributed by atoms with Gasteiger partial charge in [-0.2, -0.15) is 0 Å². The number of fused-ring (bicyclic) bond motifs is 3. The average Bonchev–Trinajstić information content (AvgIpc) is 3.49. The Balaban J connectivity index is 0.000000230. The van der Waals surface area contributed by atoms with Crippen LogP contribution >= 0.6 is 0 Å². The van der Waals surface area contributed by atoms with Crippen molar-refractivity contribution in [3.8, 4) is 33.6 Å². The smallest absolute Gasteiger partial charge is 0.121 e. The summed E-state index contributed by atoms with van der Waals surface area (Å²) < 4.78 is 38.1. The van der Waals surface area contributed by atoms with Crippen molar-refractivity contribution in [3.05, 3.63) is 138 Å². The van der Waals surface area contributed by atoms with Gasteiger partial charge in [0.15, 0.2) is 0 Å². The van der Waals surface area contributed by atoms with Gasteiger partial charge >= 0.3 is 0 Å². The van der Waals surface area contributed by atoms with Crippen LogP contribution in [0.4, 0.5) is 0 Å². The molecule has 3 aromatic heterocycles. The molecular formula is C45H46IrN2OSi-2. The molecule has 0 aliphatic rings. The molecule has 50 heavy (non-hydrogen) atoms. The summed E-state index contributed by atoms with van der Waals surface area (Å²) in [4.78, 5) is 9.09. The van der Waals surface area contributed by atoms with E-state index in [0.29, 0.717) is 11.3 Å². The summed E-state index contributed by atoms with van der Waals surface area (Å²) in [6.45, 7) is 14.5. The van der Waals surface area contributed by atoms with Gasteiger partial charge in [-0.05, 0) is 57.2 Å². The quantitative estimate of drug-likeness (QED) is 0.128. The van der Waals surface area contributed by atoms with Crippen LogP contribution in [0.5, 0.6) is 0 Å². The number of furan rings is 1. The standard InChI is InChI=1S/C28H24NO.C17H22NSi.Ir/c1-18-17-29-25(16-24(18)28(2,3)4)23-12-8-11-22-21-14-13-20(15-26(21)30-27(22)23)19-9-6-5-7-10-19;1-13(2)14-6-8-15(9-7-14)17-11-10-16(12-18-17)19(3,4)5;/h5-11,13-17H,1-4H3;6-8,10-13H,1-5H3;/q2*-1;/i1D3;13D;. The topological polar surface area (TPSA) is 38.9 Å². The largest absolute Gasteiger partial charge is 0.501 e. The fourth-order valence-electron chi connectivity index (χ4n) is 5.85. The van der Waals surface area contributed by atoms with Crippen LogP contribution < -0.4 is 5.19 Å². The molecule has 0 fully saturated rings. The SMILES string of the molecule is [2H]C(C)(C)c1c[c-]c(-c2ccc([Si](C)(C)C)cn2)cc1.[2H]C([2H])([2H])c1cnc(-c2[c-]ccc3c2oc2cc(-c4ccccc4)ccc23)cc1C(C)(C)C.[Ir]. The van der Waals surface area contributed by atoms with E-state index < -0.39 is 20.8 Å². The van der Waals surface area contributed by atoms with Crippen LogP contribution in [-0.4, -0.2) is 18.0 Å². The minimum absolute atomic E-state index is 0. The summed E-state index contributed by atoms with van der Waals surface area (Å²) in [6, 6.07) is 38.8. The average molecular weight is 855 g/mol. The van der Waals surface area contributed by atoms with Crippen molar-refractivity contribution in [2.45, 2.75) is 72.4 Å². The summed E-state index contributed by atoms with van der Waals surface area (Å²) in [5.41, 5.74) is 8.67. The number of aryl methyl sites for hydroxylation is 1. The fraction of sp³-hybridized carbons (Fsp3) is 0.244. The van der Waals surface area contributed by atoms with Gasteiger partial charge in [-0.1, -0.05) is 132 Å². The van der Waals surface area contributed by atoms with Crippen LogP contribution in [-0.2, 0) is 25.5 Å². The molecule has 0 bridgehead atoms.